The zero-order valence-electron chi connectivity index (χ0n) is 14.7. The van der Waals surface area contributed by atoms with E-state index in [9.17, 15) is 4.79 Å². The number of benzene rings is 1. The lowest BCUT2D eigenvalue weighted by molar-refractivity contribution is -0.125. The summed E-state index contributed by atoms with van der Waals surface area (Å²) in [6.07, 6.45) is 1.48. The van der Waals surface area contributed by atoms with Crippen LogP contribution in [-0.4, -0.2) is 81.2 Å². The number of aromatic nitrogens is 4. The Balaban J connectivity index is 1.47. The summed E-state index contributed by atoms with van der Waals surface area (Å²) in [5.41, 5.74) is 1.27. The third kappa shape index (κ3) is 2.60. The van der Waals surface area contributed by atoms with Crippen LogP contribution < -0.4 is 5.32 Å². The van der Waals surface area contributed by atoms with Gasteiger partial charge in [0.25, 0.3) is 0 Å². The highest BCUT2D eigenvalue weighted by atomic mass is 16.2. The lowest BCUT2D eigenvalue weighted by Crippen LogP contribution is -2.70. The molecule has 8 heteroatoms. The molecule has 4 aliphatic heterocycles. The Kier molecular flexibility index (Phi) is 3.75. The van der Waals surface area contributed by atoms with Gasteiger partial charge in [-0.1, -0.05) is 30.3 Å². The molecule has 1 aromatic carbocycles. The molecule has 6 rings (SSSR count). The van der Waals surface area contributed by atoms with Gasteiger partial charge in [-0.15, -0.1) is 5.10 Å². The van der Waals surface area contributed by atoms with Crippen molar-refractivity contribution in [2.75, 3.05) is 39.3 Å². The Labute approximate surface area is 152 Å². The molecule has 3 atom stereocenters. The van der Waals surface area contributed by atoms with Gasteiger partial charge in [-0.25, -0.2) is 4.68 Å². The van der Waals surface area contributed by atoms with Gasteiger partial charge in [0.05, 0.1) is 0 Å². The number of nitrogens with zero attached hydrogens (tertiary/aromatic N) is 6. The third-order valence-electron chi connectivity index (χ3n) is 6.16. The minimum absolute atomic E-state index is 0.0197. The first-order chi connectivity index (χ1) is 12.7. The molecule has 1 N–H and O–H groups in total. The van der Waals surface area contributed by atoms with E-state index in [4.69, 9.17) is 0 Å². The van der Waals surface area contributed by atoms with Gasteiger partial charge in [-0.2, -0.15) is 0 Å². The van der Waals surface area contributed by atoms with Crippen molar-refractivity contribution in [1.29, 1.82) is 0 Å². The highest BCUT2D eigenvalue weighted by molar-refractivity contribution is 5.76. The quantitative estimate of drug-likeness (QED) is 0.788. The maximum Gasteiger partial charge on any atom is 0.242 e. The number of piperidine rings is 2. The summed E-state index contributed by atoms with van der Waals surface area (Å²) in [7, 11) is 0. The average molecular weight is 353 g/mol. The number of hydrogen-bond acceptors (Lipinski definition) is 6. The van der Waals surface area contributed by atoms with E-state index in [2.05, 4.69) is 61.0 Å². The molecule has 8 nitrogen and oxygen atoms in total. The van der Waals surface area contributed by atoms with Gasteiger partial charge in [-0.3, -0.25) is 4.79 Å². The van der Waals surface area contributed by atoms with Crippen LogP contribution in [0, 0.1) is 5.92 Å². The Morgan fingerprint density at radius 3 is 2.54 bits per heavy atom. The topological polar surface area (TPSA) is 79.2 Å². The molecule has 0 saturated carbocycles. The fourth-order valence-electron chi connectivity index (χ4n) is 5.19. The molecule has 136 valence electrons. The van der Waals surface area contributed by atoms with Gasteiger partial charge in [0.2, 0.25) is 5.91 Å². The van der Waals surface area contributed by atoms with Gasteiger partial charge in [0, 0.05) is 56.6 Å². The van der Waals surface area contributed by atoms with E-state index >= 15 is 0 Å². The molecule has 4 aliphatic rings. The van der Waals surface area contributed by atoms with Crippen molar-refractivity contribution in [3.8, 4) is 0 Å². The van der Waals surface area contributed by atoms with Gasteiger partial charge in [0.15, 0.2) is 0 Å². The molecular weight excluding hydrogens is 330 g/mol. The molecule has 0 spiro atoms. The van der Waals surface area contributed by atoms with Gasteiger partial charge in [0.1, 0.15) is 12.9 Å². The summed E-state index contributed by atoms with van der Waals surface area (Å²) in [5.74, 6) is 0.423. The van der Waals surface area contributed by atoms with Crippen LogP contribution in [0.4, 0.5) is 0 Å². The second-order valence-corrected chi connectivity index (χ2v) is 7.81. The monoisotopic (exact) mass is 353 g/mol. The Morgan fingerprint density at radius 2 is 1.88 bits per heavy atom. The van der Waals surface area contributed by atoms with Gasteiger partial charge < -0.3 is 15.1 Å². The first kappa shape index (κ1) is 15.9. The number of carbonyl (C=O) groups excluding carboxylic acids is 1. The first-order valence-corrected chi connectivity index (χ1v) is 9.23. The van der Waals surface area contributed by atoms with Crippen LogP contribution in [0.15, 0.2) is 36.7 Å². The van der Waals surface area contributed by atoms with Crippen molar-refractivity contribution >= 4 is 5.91 Å². The molecule has 4 saturated heterocycles. The molecule has 5 heterocycles. The van der Waals surface area contributed by atoms with Crippen molar-refractivity contribution in [3.63, 3.8) is 0 Å². The molecule has 4 bridgehead atoms. The summed E-state index contributed by atoms with van der Waals surface area (Å²) in [6, 6.07) is 10.8. The largest absolute Gasteiger partial charge is 0.350 e. The van der Waals surface area contributed by atoms with E-state index in [0.717, 1.165) is 39.3 Å². The zero-order chi connectivity index (χ0) is 17.6. The van der Waals surface area contributed by atoms with E-state index < -0.39 is 0 Å². The minimum Gasteiger partial charge on any atom is -0.350 e. The molecule has 1 amide bonds. The maximum absolute atomic E-state index is 12.7. The highest BCUT2D eigenvalue weighted by Crippen LogP contribution is 2.43. The second-order valence-electron chi connectivity index (χ2n) is 7.81. The van der Waals surface area contributed by atoms with E-state index in [1.54, 1.807) is 0 Å². The van der Waals surface area contributed by atoms with Crippen LogP contribution in [0.3, 0.4) is 0 Å². The summed E-state index contributed by atoms with van der Waals surface area (Å²) in [6.45, 7) is 6.52. The Morgan fingerprint density at radius 1 is 1.15 bits per heavy atom. The minimum atomic E-state index is -0.0603. The molecule has 1 aromatic heterocycles. The van der Waals surface area contributed by atoms with E-state index in [-0.39, 0.29) is 23.9 Å². The number of amides is 1. The molecule has 4 fully saturated rings. The predicted molar refractivity (Wildman–Crippen MR) is 94.2 cm³/mol. The van der Waals surface area contributed by atoms with Gasteiger partial charge >= 0.3 is 0 Å². The summed E-state index contributed by atoms with van der Waals surface area (Å²) in [5, 5.41) is 14.4. The van der Waals surface area contributed by atoms with E-state index in [1.165, 1.54) is 16.6 Å². The SMILES string of the molecule is O=C(Cn1cnnn1)N[C@@H]1C2CN3CCN(C2)CC1(c1ccccc1)C3. The molecule has 26 heavy (non-hydrogen) atoms. The number of hydrogen-bond donors (Lipinski definition) is 1. The predicted octanol–water partition coefficient (Wildman–Crippen LogP) is -0.643. The van der Waals surface area contributed by atoms with Gasteiger partial charge in [-0.05, 0) is 16.0 Å². The van der Waals surface area contributed by atoms with Crippen molar-refractivity contribution in [2.24, 2.45) is 5.92 Å². The number of fused-ring (bicyclic) bond motifs is 1. The van der Waals surface area contributed by atoms with Crippen molar-refractivity contribution in [3.05, 3.63) is 42.2 Å². The average Bonchev–Trinajstić information content (AvgIpc) is 3.02. The Hall–Kier alpha value is -2.32. The highest BCUT2D eigenvalue weighted by Gasteiger charge is 2.55. The fraction of sp³-hybridized carbons (Fsp3) is 0.556. The maximum atomic E-state index is 12.7. The first-order valence-electron chi connectivity index (χ1n) is 9.23. The van der Waals surface area contributed by atoms with Crippen LogP contribution in [0.25, 0.3) is 0 Å². The summed E-state index contributed by atoms with van der Waals surface area (Å²) < 4.78 is 1.47. The van der Waals surface area contributed by atoms with Crippen LogP contribution in [-0.2, 0) is 16.8 Å². The zero-order valence-corrected chi connectivity index (χ0v) is 14.7. The number of rotatable bonds is 4. The van der Waals surface area contributed by atoms with Crippen molar-refractivity contribution in [2.45, 2.75) is 18.0 Å². The van der Waals surface area contributed by atoms with Crippen LogP contribution >= 0.6 is 0 Å². The molecule has 2 unspecified atom stereocenters. The van der Waals surface area contributed by atoms with Crippen LogP contribution in [0.2, 0.25) is 0 Å². The normalized spacial score (nSPS) is 35.2. The van der Waals surface area contributed by atoms with E-state index in [0.29, 0.717) is 5.92 Å². The Bertz CT molecular complexity index is 762. The smallest absolute Gasteiger partial charge is 0.242 e. The number of carbonyl (C=O) groups is 1. The standard InChI is InChI=1S/C18H23N7O/c26-16(10-25-13-19-21-22-25)20-17-14-8-23-6-7-24(9-14)12-18(17,11-23)15-4-2-1-3-5-15/h1-5,13-14,17H,6-12H2,(H,20,26)/t14?,17-,18?/m1/s1. The lowest BCUT2D eigenvalue weighted by Gasteiger charge is -2.55. The lowest BCUT2D eigenvalue weighted by atomic mass is 9.64. The van der Waals surface area contributed by atoms with Crippen LogP contribution in [0.5, 0.6) is 0 Å². The number of nitrogens with one attached hydrogen (secondary N) is 1. The summed E-state index contributed by atoms with van der Waals surface area (Å²) >= 11 is 0. The third-order valence-corrected chi connectivity index (χ3v) is 6.16. The summed E-state index contributed by atoms with van der Waals surface area (Å²) in [4.78, 5) is 17.9. The van der Waals surface area contributed by atoms with Crippen molar-refractivity contribution in [1.82, 2.24) is 35.3 Å². The second kappa shape index (κ2) is 6.14. The molecule has 0 radical (unpaired) electrons. The molecule has 2 aromatic rings. The van der Waals surface area contributed by atoms with Crippen LogP contribution in [0.1, 0.15) is 5.56 Å². The fourth-order valence-corrected chi connectivity index (χ4v) is 5.19. The molecular formula is C18H23N7O. The van der Waals surface area contributed by atoms with Crippen molar-refractivity contribution < 1.29 is 4.79 Å². The number of tetrazole rings is 1. The molecule has 0 aliphatic carbocycles. The van der Waals surface area contributed by atoms with E-state index in [1.807, 2.05) is 0 Å².